The lowest BCUT2D eigenvalue weighted by molar-refractivity contribution is -0.121. The molecule has 5 nitrogen and oxygen atoms in total. The number of carbonyl (C=O) groups is 1. The minimum atomic E-state index is -0.153. The predicted octanol–water partition coefficient (Wildman–Crippen LogP) is 3.31. The molecule has 1 amide bonds. The SMILES string of the molecule is CC(=NC(C)c1ccc(Cl)cc1)N(N)CC(=O)NCc1ccccc1. The van der Waals surface area contributed by atoms with Crippen molar-refractivity contribution in [3.05, 3.63) is 70.7 Å². The fourth-order valence-electron chi connectivity index (χ4n) is 2.29. The highest BCUT2D eigenvalue weighted by Crippen LogP contribution is 2.19. The second-order valence-electron chi connectivity index (χ2n) is 5.79. The van der Waals surface area contributed by atoms with Crippen molar-refractivity contribution in [2.24, 2.45) is 10.8 Å². The molecule has 6 heteroatoms. The average molecular weight is 359 g/mol. The van der Waals surface area contributed by atoms with E-state index in [4.69, 9.17) is 17.4 Å². The highest BCUT2D eigenvalue weighted by molar-refractivity contribution is 6.30. The van der Waals surface area contributed by atoms with Gasteiger partial charge >= 0.3 is 0 Å². The van der Waals surface area contributed by atoms with Crippen molar-refractivity contribution in [3.63, 3.8) is 0 Å². The summed E-state index contributed by atoms with van der Waals surface area (Å²) in [6.07, 6.45) is 0. The molecule has 0 heterocycles. The maximum absolute atomic E-state index is 12.0. The Morgan fingerprint density at radius 3 is 2.48 bits per heavy atom. The van der Waals surface area contributed by atoms with Crippen LogP contribution in [0, 0.1) is 0 Å². The molecular formula is C19H23ClN4O. The molecular weight excluding hydrogens is 336 g/mol. The van der Waals surface area contributed by atoms with E-state index in [1.807, 2.05) is 61.5 Å². The first-order valence-corrected chi connectivity index (χ1v) is 8.46. The van der Waals surface area contributed by atoms with E-state index in [1.165, 1.54) is 5.01 Å². The molecule has 0 bridgehead atoms. The molecule has 25 heavy (non-hydrogen) atoms. The molecule has 0 aromatic heterocycles. The van der Waals surface area contributed by atoms with Gasteiger partial charge in [-0.3, -0.25) is 14.8 Å². The van der Waals surface area contributed by atoms with Crippen molar-refractivity contribution in [1.29, 1.82) is 0 Å². The van der Waals surface area contributed by atoms with Crippen LogP contribution >= 0.6 is 11.6 Å². The van der Waals surface area contributed by atoms with E-state index in [9.17, 15) is 4.79 Å². The molecule has 3 N–H and O–H groups in total. The van der Waals surface area contributed by atoms with Gasteiger partial charge in [-0.05, 0) is 37.1 Å². The number of hydrazine groups is 1. The highest BCUT2D eigenvalue weighted by Gasteiger charge is 2.10. The molecule has 0 saturated carbocycles. The topological polar surface area (TPSA) is 70.7 Å². The van der Waals surface area contributed by atoms with Crippen LogP contribution in [0.4, 0.5) is 0 Å². The van der Waals surface area contributed by atoms with Gasteiger partial charge < -0.3 is 5.32 Å². The van der Waals surface area contributed by atoms with Crippen molar-refractivity contribution >= 4 is 23.3 Å². The van der Waals surface area contributed by atoms with Crippen molar-refractivity contribution in [1.82, 2.24) is 10.3 Å². The summed E-state index contributed by atoms with van der Waals surface area (Å²) in [5, 5.41) is 4.89. The van der Waals surface area contributed by atoms with Crippen LogP contribution in [0.15, 0.2) is 59.6 Å². The summed E-state index contributed by atoms with van der Waals surface area (Å²) in [7, 11) is 0. The van der Waals surface area contributed by atoms with Gasteiger partial charge in [0.15, 0.2) is 0 Å². The molecule has 1 atom stereocenters. The van der Waals surface area contributed by atoms with Gasteiger partial charge in [0.2, 0.25) is 5.91 Å². The predicted molar refractivity (Wildman–Crippen MR) is 102 cm³/mol. The summed E-state index contributed by atoms with van der Waals surface area (Å²) in [6, 6.07) is 17.2. The number of nitrogens with one attached hydrogen (secondary N) is 1. The van der Waals surface area contributed by atoms with Crippen molar-refractivity contribution in [3.8, 4) is 0 Å². The van der Waals surface area contributed by atoms with Gasteiger partial charge in [0.1, 0.15) is 12.4 Å². The largest absolute Gasteiger partial charge is 0.350 e. The van der Waals surface area contributed by atoms with Crippen molar-refractivity contribution < 1.29 is 4.79 Å². The number of halogens is 1. The van der Waals surface area contributed by atoms with E-state index in [-0.39, 0.29) is 18.5 Å². The number of carbonyl (C=O) groups excluding carboxylic acids is 1. The third-order valence-corrected chi connectivity index (χ3v) is 4.05. The van der Waals surface area contributed by atoms with Crippen LogP contribution in [-0.2, 0) is 11.3 Å². The summed E-state index contributed by atoms with van der Waals surface area (Å²) in [4.78, 5) is 16.6. The van der Waals surface area contributed by atoms with Crippen LogP contribution in [0.25, 0.3) is 0 Å². The lowest BCUT2D eigenvalue weighted by atomic mass is 10.1. The third kappa shape index (κ3) is 6.21. The zero-order valence-electron chi connectivity index (χ0n) is 14.4. The van der Waals surface area contributed by atoms with Crippen LogP contribution in [-0.4, -0.2) is 23.3 Å². The van der Waals surface area contributed by atoms with Gasteiger partial charge in [0.25, 0.3) is 0 Å². The normalized spacial score (nSPS) is 12.6. The average Bonchev–Trinajstić information content (AvgIpc) is 2.61. The van der Waals surface area contributed by atoms with Gasteiger partial charge in [-0.2, -0.15) is 0 Å². The van der Waals surface area contributed by atoms with Crippen molar-refractivity contribution in [2.45, 2.75) is 26.4 Å². The molecule has 0 aliphatic heterocycles. The monoisotopic (exact) mass is 358 g/mol. The molecule has 2 aromatic carbocycles. The van der Waals surface area contributed by atoms with E-state index >= 15 is 0 Å². The Labute approximate surface area is 153 Å². The first kappa shape index (κ1) is 19.0. The van der Waals surface area contributed by atoms with Gasteiger partial charge in [-0.15, -0.1) is 0 Å². The number of benzene rings is 2. The van der Waals surface area contributed by atoms with Crippen LogP contribution in [0.2, 0.25) is 5.02 Å². The van der Waals surface area contributed by atoms with Gasteiger partial charge in [0, 0.05) is 11.6 Å². The molecule has 0 radical (unpaired) electrons. The van der Waals surface area contributed by atoms with Gasteiger partial charge in [-0.1, -0.05) is 54.1 Å². The van der Waals surface area contributed by atoms with Crippen LogP contribution in [0.5, 0.6) is 0 Å². The third-order valence-electron chi connectivity index (χ3n) is 3.80. The van der Waals surface area contributed by atoms with E-state index in [1.54, 1.807) is 6.92 Å². The Balaban J connectivity index is 1.86. The molecule has 0 spiro atoms. The maximum atomic E-state index is 12.0. The van der Waals surface area contributed by atoms with E-state index in [0.717, 1.165) is 11.1 Å². The molecule has 2 rings (SSSR count). The zero-order chi connectivity index (χ0) is 18.2. The fraction of sp³-hybridized carbons (Fsp3) is 0.263. The van der Waals surface area contributed by atoms with E-state index < -0.39 is 0 Å². The lowest BCUT2D eigenvalue weighted by Crippen LogP contribution is -2.43. The number of hydrogen-bond donors (Lipinski definition) is 2. The Kier molecular flexibility index (Phi) is 6.98. The quantitative estimate of drug-likeness (QED) is 0.360. The number of nitrogens with two attached hydrogens (primary N) is 1. The maximum Gasteiger partial charge on any atom is 0.241 e. The van der Waals surface area contributed by atoms with E-state index in [2.05, 4.69) is 10.3 Å². The minimum Gasteiger partial charge on any atom is -0.350 e. The number of rotatable bonds is 6. The number of amidine groups is 1. The molecule has 0 aliphatic carbocycles. The number of nitrogens with zero attached hydrogens (tertiary/aromatic N) is 2. The Morgan fingerprint density at radius 1 is 1.20 bits per heavy atom. The molecule has 0 fully saturated rings. The second-order valence-corrected chi connectivity index (χ2v) is 6.23. The summed E-state index contributed by atoms with van der Waals surface area (Å²) < 4.78 is 0. The first-order valence-electron chi connectivity index (χ1n) is 8.08. The van der Waals surface area contributed by atoms with Crippen LogP contribution < -0.4 is 11.2 Å². The Hall–Kier alpha value is -2.37. The molecule has 0 aliphatic rings. The van der Waals surface area contributed by atoms with Gasteiger partial charge in [0.05, 0.1) is 6.04 Å². The lowest BCUT2D eigenvalue weighted by Gasteiger charge is -2.19. The summed E-state index contributed by atoms with van der Waals surface area (Å²) in [5.41, 5.74) is 2.08. The van der Waals surface area contributed by atoms with Crippen LogP contribution in [0.1, 0.15) is 31.0 Å². The zero-order valence-corrected chi connectivity index (χ0v) is 15.2. The summed E-state index contributed by atoms with van der Waals surface area (Å²) in [6.45, 7) is 4.29. The number of amides is 1. The molecule has 132 valence electrons. The van der Waals surface area contributed by atoms with Crippen molar-refractivity contribution in [2.75, 3.05) is 6.54 Å². The minimum absolute atomic E-state index is 0.0511. The first-order chi connectivity index (χ1) is 12.0. The van der Waals surface area contributed by atoms with Gasteiger partial charge in [-0.25, -0.2) is 5.84 Å². The number of hydrogen-bond acceptors (Lipinski definition) is 3. The molecule has 0 saturated heterocycles. The van der Waals surface area contributed by atoms with E-state index in [0.29, 0.717) is 17.4 Å². The molecule has 1 unspecified atom stereocenters. The summed E-state index contributed by atoms with van der Waals surface area (Å²) >= 11 is 5.90. The standard InChI is InChI=1S/C19H23ClN4O/c1-14(17-8-10-18(20)11-9-17)23-15(2)24(21)13-19(25)22-12-16-6-4-3-5-7-16/h3-11,14H,12-13,21H2,1-2H3,(H,22,25). The Bertz CT molecular complexity index is 716. The smallest absolute Gasteiger partial charge is 0.241 e. The fourth-order valence-corrected chi connectivity index (χ4v) is 2.42. The summed E-state index contributed by atoms with van der Waals surface area (Å²) in [5.74, 6) is 6.40. The highest BCUT2D eigenvalue weighted by atomic mass is 35.5. The van der Waals surface area contributed by atoms with Crippen LogP contribution in [0.3, 0.4) is 0 Å². The second kappa shape index (κ2) is 9.20. The molecule has 2 aromatic rings. The Morgan fingerprint density at radius 2 is 1.84 bits per heavy atom. The number of aliphatic imine (C=N–C) groups is 1.